The molecular weight excluding hydrogens is 625 g/mol. The largest absolute Gasteiger partial charge is 0.455 e. The Morgan fingerprint density at radius 3 is 1.60 bits per heavy atom. The zero-order chi connectivity index (χ0) is 32.8. The second kappa shape index (κ2) is 10.6. The summed E-state index contributed by atoms with van der Waals surface area (Å²) in [6, 6.07) is 61.9. The molecule has 0 N–H and O–H groups in total. The molecule has 50 heavy (non-hydrogen) atoms. The minimum absolute atomic E-state index is 0.933. The van der Waals surface area contributed by atoms with Gasteiger partial charge in [-0.15, -0.1) is 11.3 Å². The molecule has 0 aliphatic heterocycles. The van der Waals surface area contributed by atoms with Crippen LogP contribution in [0.5, 0.6) is 0 Å². The lowest BCUT2D eigenvalue weighted by Crippen LogP contribution is -1.90. The van der Waals surface area contributed by atoms with E-state index in [4.69, 9.17) is 4.42 Å². The van der Waals surface area contributed by atoms with Gasteiger partial charge in [0.15, 0.2) is 5.58 Å². The molecule has 2 aromatic heterocycles. The van der Waals surface area contributed by atoms with E-state index in [1.165, 1.54) is 96.6 Å². The van der Waals surface area contributed by atoms with Gasteiger partial charge in [-0.3, -0.25) is 0 Å². The first-order valence-electron chi connectivity index (χ1n) is 17.1. The van der Waals surface area contributed by atoms with Gasteiger partial charge < -0.3 is 4.42 Å². The molecule has 0 unspecified atom stereocenters. The lowest BCUT2D eigenvalue weighted by atomic mass is 9.85. The zero-order valence-corrected chi connectivity index (χ0v) is 27.8. The summed E-state index contributed by atoms with van der Waals surface area (Å²) in [5, 5.41) is 12.4. The van der Waals surface area contributed by atoms with E-state index in [2.05, 4.69) is 170 Å². The molecule has 0 saturated carbocycles. The van der Waals surface area contributed by atoms with Gasteiger partial charge in [0, 0.05) is 26.2 Å². The molecule has 0 aliphatic carbocycles. The maximum atomic E-state index is 6.70. The molecule has 0 radical (unpaired) electrons. The van der Waals surface area contributed by atoms with Crippen LogP contribution in [0.4, 0.5) is 0 Å². The first-order valence-corrected chi connectivity index (χ1v) is 17.9. The van der Waals surface area contributed by atoms with E-state index in [0.717, 1.165) is 11.2 Å². The Balaban J connectivity index is 1.18. The summed E-state index contributed by atoms with van der Waals surface area (Å²) in [7, 11) is 0. The fourth-order valence-corrected chi connectivity index (χ4v) is 9.50. The minimum atomic E-state index is 0.933. The van der Waals surface area contributed by atoms with E-state index in [9.17, 15) is 0 Å². The fourth-order valence-electron chi connectivity index (χ4n) is 8.29. The lowest BCUT2D eigenvalue weighted by Gasteiger charge is -2.18. The lowest BCUT2D eigenvalue weighted by molar-refractivity contribution is 0.673. The molecule has 0 atom stereocenters. The van der Waals surface area contributed by atoms with Gasteiger partial charge in [0.25, 0.3) is 0 Å². The van der Waals surface area contributed by atoms with Crippen LogP contribution in [0.2, 0.25) is 0 Å². The Morgan fingerprint density at radius 1 is 0.380 bits per heavy atom. The minimum Gasteiger partial charge on any atom is -0.455 e. The van der Waals surface area contributed by atoms with Crippen LogP contribution in [0.25, 0.3) is 108 Å². The van der Waals surface area contributed by atoms with E-state index in [1.807, 2.05) is 11.3 Å². The van der Waals surface area contributed by atoms with Crippen molar-refractivity contribution in [2.24, 2.45) is 0 Å². The summed E-state index contributed by atoms with van der Waals surface area (Å²) in [6.45, 7) is 0. The van der Waals surface area contributed by atoms with E-state index in [0.29, 0.717) is 0 Å². The fraction of sp³-hybridized carbons (Fsp3) is 0. The van der Waals surface area contributed by atoms with Crippen LogP contribution in [0.3, 0.4) is 0 Å². The van der Waals surface area contributed by atoms with Crippen molar-refractivity contribution in [3.8, 4) is 33.4 Å². The van der Waals surface area contributed by atoms with Crippen LogP contribution < -0.4 is 0 Å². The van der Waals surface area contributed by atoms with Crippen molar-refractivity contribution >= 4 is 85.8 Å². The standard InChI is InChI=1S/C48H28OS/c1-2-13-31(14-3-1)43-34-16-6-8-18-36(34)44(37-19-9-7-17-35(37)43)32-24-22-30(23-25-32)39-28-40-45-33-15-5-4-12-29(33)26-27-41(45)49-47(40)48-46(39)38-20-10-11-21-42(38)50-48/h1-28H. The van der Waals surface area contributed by atoms with Crippen LogP contribution in [-0.2, 0) is 0 Å². The van der Waals surface area contributed by atoms with Crippen LogP contribution >= 0.6 is 11.3 Å². The van der Waals surface area contributed by atoms with Gasteiger partial charge in [0.05, 0.1) is 4.70 Å². The van der Waals surface area contributed by atoms with Crippen molar-refractivity contribution in [3.63, 3.8) is 0 Å². The molecule has 0 bridgehead atoms. The molecule has 2 heteroatoms. The maximum absolute atomic E-state index is 6.70. The smallest absolute Gasteiger partial charge is 0.153 e. The normalized spacial score (nSPS) is 12.0. The first kappa shape index (κ1) is 27.7. The number of hydrogen-bond acceptors (Lipinski definition) is 2. The van der Waals surface area contributed by atoms with E-state index >= 15 is 0 Å². The van der Waals surface area contributed by atoms with Crippen LogP contribution in [-0.4, -0.2) is 0 Å². The summed E-state index contributed by atoms with van der Waals surface area (Å²) >= 11 is 1.83. The number of furan rings is 1. The molecule has 1 nitrogen and oxygen atoms in total. The number of fused-ring (bicyclic) bond motifs is 11. The van der Waals surface area contributed by atoms with Crippen LogP contribution in [0.15, 0.2) is 174 Å². The molecule has 0 saturated heterocycles. The third-order valence-electron chi connectivity index (χ3n) is 10.5. The number of hydrogen-bond donors (Lipinski definition) is 0. The second-order valence-electron chi connectivity index (χ2n) is 13.1. The molecule has 11 aromatic rings. The van der Waals surface area contributed by atoms with E-state index < -0.39 is 0 Å². The van der Waals surface area contributed by atoms with Crippen molar-refractivity contribution in [2.75, 3.05) is 0 Å². The molecule has 11 rings (SSSR count). The summed E-state index contributed by atoms with van der Waals surface area (Å²) < 4.78 is 9.18. The van der Waals surface area contributed by atoms with Crippen LogP contribution in [0, 0.1) is 0 Å². The monoisotopic (exact) mass is 652 g/mol. The Hall–Kier alpha value is -6.22. The maximum Gasteiger partial charge on any atom is 0.153 e. The SMILES string of the molecule is c1ccc(-c2c3ccccc3c(-c3ccc(-c4cc5c(oc6ccc7ccccc7c65)c5sc6ccccc6c45)cc3)c3ccccc23)cc1. The highest BCUT2D eigenvalue weighted by molar-refractivity contribution is 7.26. The van der Waals surface area contributed by atoms with E-state index in [1.54, 1.807) is 0 Å². The van der Waals surface area contributed by atoms with Gasteiger partial charge in [0.1, 0.15) is 5.58 Å². The molecule has 0 amide bonds. The topological polar surface area (TPSA) is 13.1 Å². The summed E-state index contributed by atoms with van der Waals surface area (Å²) in [5.41, 5.74) is 9.37. The van der Waals surface area contributed by atoms with Gasteiger partial charge in [-0.2, -0.15) is 0 Å². The summed E-state index contributed by atoms with van der Waals surface area (Å²) in [5.74, 6) is 0. The average Bonchev–Trinajstić information content (AvgIpc) is 3.76. The molecule has 0 fully saturated rings. The van der Waals surface area contributed by atoms with Crippen molar-refractivity contribution in [2.45, 2.75) is 0 Å². The molecular formula is C48H28OS. The highest BCUT2D eigenvalue weighted by Crippen LogP contribution is 2.49. The first-order chi connectivity index (χ1) is 24.8. The Bertz CT molecular complexity index is 3070. The van der Waals surface area contributed by atoms with Gasteiger partial charge in [-0.1, -0.05) is 152 Å². The third-order valence-corrected chi connectivity index (χ3v) is 11.6. The summed E-state index contributed by atoms with van der Waals surface area (Å²) in [6.07, 6.45) is 0. The van der Waals surface area contributed by atoms with Gasteiger partial charge in [-0.25, -0.2) is 0 Å². The average molecular weight is 653 g/mol. The Labute approximate surface area is 292 Å². The van der Waals surface area contributed by atoms with Gasteiger partial charge in [-0.05, 0) is 83.9 Å². The third kappa shape index (κ3) is 3.94. The molecule has 0 spiro atoms. The number of rotatable bonds is 3. The Kier molecular flexibility index (Phi) is 5.89. The van der Waals surface area contributed by atoms with Gasteiger partial charge in [0.2, 0.25) is 0 Å². The molecule has 232 valence electrons. The van der Waals surface area contributed by atoms with Crippen LogP contribution in [0.1, 0.15) is 0 Å². The van der Waals surface area contributed by atoms with Crippen molar-refractivity contribution in [1.29, 1.82) is 0 Å². The van der Waals surface area contributed by atoms with Crippen molar-refractivity contribution < 1.29 is 4.42 Å². The number of thiophene rings is 1. The van der Waals surface area contributed by atoms with Crippen molar-refractivity contribution in [1.82, 2.24) is 0 Å². The van der Waals surface area contributed by atoms with E-state index in [-0.39, 0.29) is 0 Å². The zero-order valence-electron chi connectivity index (χ0n) is 27.0. The predicted molar refractivity (Wildman–Crippen MR) is 215 cm³/mol. The molecule has 9 aromatic carbocycles. The Morgan fingerprint density at radius 2 is 0.920 bits per heavy atom. The quantitative estimate of drug-likeness (QED) is 0.173. The number of benzene rings is 9. The van der Waals surface area contributed by atoms with Gasteiger partial charge >= 0.3 is 0 Å². The molecule has 2 heterocycles. The highest BCUT2D eigenvalue weighted by atomic mass is 32.1. The second-order valence-corrected chi connectivity index (χ2v) is 14.2. The molecule has 0 aliphatic rings. The highest BCUT2D eigenvalue weighted by Gasteiger charge is 2.21. The summed E-state index contributed by atoms with van der Waals surface area (Å²) in [4.78, 5) is 0. The van der Waals surface area contributed by atoms with Crippen molar-refractivity contribution in [3.05, 3.63) is 170 Å². The predicted octanol–water partition coefficient (Wildman–Crippen LogP) is 14.4.